The van der Waals surface area contributed by atoms with Gasteiger partial charge in [-0.05, 0) is 55.5 Å². The summed E-state index contributed by atoms with van der Waals surface area (Å²) in [6.07, 6.45) is 3.99. The first-order valence-electron chi connectivity index (χ1n) is 11.0. The second kappa shape index (κ2) is 9.34. The Morgan fingerprint density at radius 1 is 0.969 bits per heavy atom. The van der Waals surface area contributed by atoms with Crippen molar-refractivity contribution in [3.05, 3.63) is 70.8 Å². The molecule has 2 aliphatic heterocycles. The largest absolute Gasteiger partial charge is 0.452 e. The second-order valence-electron chi connectivity index (χ2n) is 8.16. The van der Waals surface area contributed by atoms with Crippen LogP contribution in [0.5, 0.6) is 0 Å². The molecule has 4 rings (SSSR count). The van der Waals surface area contributed by atoms with Crippen molar-refractivity contribution in [1.82, 2.24) is 9.80 Å². The molecule has 0 aromatic heterocycles. The van der Waals surface area contributed by atoms with Gasteiger partial charge in [0.15, 0.2) is 6.61 Å². The first-order chi connectivity index (χ1) is 15.5. The number of carbonyl (C=O) groups excluding carboxylic acids is 4. The first kappa shape index (κ1) is 21.7. The zero-order valence-electron chi connectivity index (χ0n) is 18.1. The maximum absolute atomic E-state index is 12.5. The lowest BCUT2D eigenvalue weighted by Crippen LogP contribution is -2.45. The van der Waals surface area contributed by atoms with Gasteiger partial charge in [-0.3, -0.25) is 19.3 Å². The number of ether oxygens (including phenoxy) is 1. The van der Waals surface area contributed by atoms with Crippen LogP contribution in [0.25, 0.3) is 0 Å². The van der Waals surface area contributed by atoms with E-state index in [0.29, 0.717) is 28.8 Å². The van der Waals surface area contributed by atoms with Gasteiger partial charge in [-0.25, -0.2) is 4.79 Å². The van der Waals surface area contributed by atoms with Crippen molar-refractivity contribution in [2.24, 2.45) is 0 Å². The Labute approximate surface area is 187 Å². The van der Waals surface area contributed by atoms with E-state index in [1.807, 2.05) is 4.90 Å². The number of benzene rings is 2. The quantitative estimate of drug-likeness (QED) is 0.514. The molecule has 0 saturated carbocycles. The number of amides is 3. The molecule has 2 aromatic rings. The SMILES string of the molecule is CCC1CCCCN1C(=O)COC(=O)c1ccc(CN2C(=O)c3ccccc3C2=O)cc1. The van der Waals surface area contributed by atoms with Crippen LogP contribution in [0.4, 0.5) is 0 Å². The number of fused-ring (bicyclic) bond motifs is 1. The summed E-state index contributed by atoms with van der Waals surface area (Å²) in [4.78, 5) is 52.9. The van der Waals surface area contributed by atoms with E-state index in [-0.39, 0.29) is 36.9 Å². The molecule has 0 spiro atoms. The number of carbonyl (C=O) groups is 4. The smallest absolute Gasteiger partial charge is 0.338 e. The van der Waals surface area contributed by atoms with E-state index in [4.69, 9.17) is 4.74 Å². The van der Waals surface area contributed by atoms with Crippen LogP contribution in [0.2, 0.25) is 0 Å². The third-order valence-corrected chi connectivity index (χ3v) is 6.15. The number of rotatable bonds is 6. The van der Waals surface area contributed by atoms with E-state index >= 15 is 0 Å². The van der Waals surface area contributed by atoms with E-state index in [2.05, 4.69) is 6.92 Å². The molecule has 3 amide bonds. The standard InChI is InChI=1S/C25H26N2O5/c1-2-19-7-5-6-14-26(19)22(28)16-32-25(31)18-12-10-17(11-13-18)15-27-23(29)20-8-3-4-9-21(20)24(27)30/h3-4,8-13,19H,2,5-7,14-16H2,1H3. The van der Waals surface area contributed by atoms with Crippen LogP contribution in [0.1, 0.15) is 69.2 Å². The molecule has 0 aliphatic carbocycles. The zero-order valence-corrected chi connectivity index (χ0v) is 18.1. The summed E-state index contributed by atoms with van der Waals surface area (Å²) >= 11 is 0. The highest BCUT2D eigenvalue weighted by Gasteiger charge is 2.35. The van der Waals surface area contributed by atoms with E-state index < -0.39 is 5.97 Å². The molecule has 0 N–H and O–H groups in total. The minimum atomic E-state index is -0.573. The summed E-state index contributed by atoms with van der Waals surface area (Å²) in [7, 11) is 0. The number of hydrogen-bond acceptors (Lipinski definition) is 5. The molecule has 0 radical (unpaired) electrons. The molecule has 7 heteroatoms. The third kappa shape index (κ3) is 4.28. The van der Waals surface area contributed by atoms with Crippen LogP contribution in [0, 0.1) is 0 Å². The number of hydrogen-bond donors (Lipinski definition) is 0. The van der Waals surface area contributed by atoms with Gasteiger partial charge in [0.1, 0.15) is 0 Å². The number of nitrogens with zero attached hydrogens (tertiary/aromatic N) is 2. The first-order valence-corrected chi connectivity index (χ1v) is 11.0. The molecule has 1 unspecified atom stereocenters. The fourth-order valence-corrected chi connectivity index (χ4v) is 4.36. The van der Waals surface area contributed by atoms with Crippen LogP contribution >= 0.6 is 0 Å². The molecule has 0 bridgehead atoms. The molecule has 1 fully saturated rings. The maximum Gasteiger partial charge on any atom is 0.338 e. The molecular formula is C25H26N2O5. The Morgan fingerprint density at radius 2 is 1.62 bits per heavy atom. The van der Waals surface area contributed by atoms with E-state index in [9.17, 15) is 19.2 Å². The molecule has 7 nitrogen and oxygen atoms in total. The maximum atomic E-state index is 12.5. The van der Waals surface area contributed by atoms with E-state index in [0.717, 1.165) is 25.7 Å². The van der Waals surface area contributed by atoms with Crippen molar-refractivity contribution in [2.45, 2.75) is 45.2 Å². The van der Waals surface area contributed by atoms with Gasteiger partial charge in [0.25, 0.3) is 17.7 Å². The van der Waals surface area contributed by atoms with Gasteiger partial charge in [-0.2, -0.15) is 0 Å². The van der Waals surface area contributed by atoms with Gasteiger partial charge in [-0.1, -0.05) is 31.2 Å². The lowest BCUT2D eigenvalue weighted by atomic mass is 10.00. The lowest BCUT2D eigenvalue weighted by molar-refractivity contribution is -0.138. The summed E-state index contributed by atoms with van der Waals surface area (Å²) in [5.41, 5.74) is 1.84. The van der Waals surface area contributed by atoms with Crippen molar-refractivity contribution < 1.29 is 23.9 Å². The van der Waals surface area contributed by atoms with Gasteiger partial charge < -0.3 is 9.64 Å². The van der Waals surface area contributed by atoms with Crippen molar-refractivity contribution in [3.8, 4) is 0 Å². The summed E-state index contributed by atoms with van der Waals surface area (Å²) in [5.74, 6) is -1.38. The fraction of sp³-hybridized carbons (Fsp3) is 0.360. The van der Waals surface area contributed by atoms with Gasteiger partial charge >= 0.3 is 5.97 Å². The minimum absolute atomic E-state index is 0.119. The summed E-state index contributed by atoms with van der Waals surface area (Å²) in [6, 6.07) is 13.5. The Balaban J connectivity index is 1.34. The lowest BCUT2D eigenvalue weighted by Gasteiger charge is -2.35. The van der Waals surface area contributed by atoms with Crippen molar-refractivity contribution in [1.29, 1.82) is 0 Å². The number of imide groups is 1. The summed E-state index contributed by atoms with van der Waals surface area (Å²) < 4.78 is 5.24. The summed E-state index contributed by atoms with van der Waals surface area (Å²) in [5, 5.41) is 0. The number of esters is 1. The van der Waals surface area contributed by atoms with Crippen molar-refractivity contribution in [2.75, 3.05) is 13.2 Å². The normalized spacial score (nSPS) is 18.0. The molecule has 1 atom stereocenters. The van der Waals surface area contributed by atoms with Crippen LogP contribution in [-0.4, -0.2) is 52.7 Å². The number of piperidine rings is 1. The van der Waals surface area contributed by atoms with Crippen molar-refractivity contribution >= 4 is 23.7 Å². The van der Waals surface area contributed by atoms with Gasteiger partial charge in [0.05, 0.1) is 23.2 Å². The highest BCUT2D eigenvalue weighted by Crippen LogP contribution is 2.24. The van der Waals surface area contributed by atoms with E-state index in [1.54, 1.807) is 48.5 Å². The minimum Gasteiger partial charge on any atom is -0.452 e. The predicted molar refractivity (Wildman–Crippen MR) is 117 cm³/mol. The number of likely N-dealkylation sites (tertiary alicyclic amines) is 1. The zero-order chi connectivity index (χ0) is 22.7. The fourth-order valence-electron chi connectivity index (χ4n) is 4.36. The molecule has 1 saturated heterocycles. The Hall–Kier alpha value is -3.48. The molecule has 2 heterocycles. The Bertz CT molecular complexity index is 1010. The molecule has 2 aliphatic rings. The second-order valence-corrected chi connectivity index (χ2v) is 8.16. The van der Waals surface area contributed by atoms with Crippen molar-refractivity contribution in [3.63, 3.8) is 0 Å². The molecule has 32 heavy (non-hydrogen) atoms. The average molecular weight is 434 g/mol. The highest BCUT2D eigenvalue weighted by molar-refractivity contribution is 6.21. The molecular weight excluding hydrogens is 408 g/mol. The van der Waals surface area contributed by atoms with Crippen LogP contribution in [0.3, 0.4) is 0 Å². The molecule has 166 valence electrons. The van der Waals surface area contributed by atoms with E-state index in [1.165, 1.54) is 4.90 Å². The van der Waals surface area contributed by atoms with Crippen LogP contribution < -0.4 is 0 Å². The predicted octanol–water partition coefficient (Wildman–Crippen LogP) is 3.43. The van der Waals surface area contributed by atoms with Gasteiger partial charge in [0.2, 0.25) is 0 Å². The van der Waals surface area contributed by atoms with Crippen LogP contribution in [-0.2, 0) is 16.1 Å². The van der Waals surface area contributed by atoms with Gasteiger partial charge in [-0.15, -0.1) is 0 Å². The van der Waals surface area contributed by atoms with Crippen LogP contribution in [0.15, 0.2) is 48.5 Å². The van der Waals surface area contributed by atoms with Gasteiger partial charge in [0, 0.05) is 12.6 Å². The monoisotopic (exact) mass is 434 g/mol. The Morgan fingerprint density at radius 3 is 2.25 bits per heavy atom. The topological polar surface area (TPSA) is 84.0 Å². The highest BCUT2D eigenvalue weighted by atomic mass is 16.5. The summed E-state index contributed by atoms with van der Waals surface area (Å²) in [6.45, 7) is 2.62. The molecule has 2 aromatic carbocycles. The third-order valence-electron chi connectivity index (χ3n) is 6.15. The average Bonchev–Trinajstić information content (AvgIpc) is 3.07. The Kier molecular flexibility index (Phi) is 6.35.